The van der Waals surface area contributed by atoms with E-state index in [1.165, 1.54) is 11.3 Å². The highest BCUT2D eigenvalue weighted by molar-refractivity contribution is 7.17. The molecule has 2 N–H and O–H groups in total. The van der Waals surface area contributed by atoms with Gasteiger partial charge in [0.15, 0.2) is 0 Å². The number of para-hydroxylation sites is 1. The molecule has 0 spiro atoms. The van der Waals surface area contributed by atoms with E-state index in [2.05, 4.69) is 10.9 Å². The smallest absolute Gasteiger partial charge is 0.279 e. The summed E-state index contributed by atoms with van der Waals surface area (Å²) in [7, 11) is 0. The third-order valence-electron chi connectivity index (χ3n) is 3.37. The number of ether oxygens (including phenoxy) is 1. The van der Waals surface area contributed by atoms with E-state index < -0.39 is 0 Å². The van der Waals surface area contributed by atoms with Gasteiger partial charge >= 0.3 is 0 Å². The van der Waals surface area contributed by atoms with Crippen LogP contribution in [0.2, 0.25) is 0 Å². The number of nitrogens with one attached hydrogen (secondary N) is 2. The van der Waals surface area contributed by atoms with Crippen LogP contribution in [0.3, 0.4) is 0 Å². The first kappa shape index (κ1) is 14.6. The predicted octanol–water partition coefficient (Wildman–Crippen LogP) is 2.72. The van der Waals surface area contributed by atoms with Crippen molar-refractivity contribution in [2.75, 3.05) is 0 Å². The zero-order valence-corrected chi connectivity index (χ0v) is 13.1. The van der Waals surface area contributed by atoms with Crippen LogP contribution < -0.4 is 15.6 Å². The number of rotatable bonds is 2. The second-order valence-electron chi connectivity index (χ2n) is 5.35. The third kappa shape index (κ3) is 2.69. The van der Waals surface area contributed by atoms with Gasteiger partial charge < -0.3 is 4.74 Å². The lowest BCUT2D eigenvalue weighted by molar-refractivity contribution is -0.124. The molecule has 0 bridgehead atoms. The van der Waals surface area contributed by atoms with Gasteiger partial charge in [-0.3, -0.25) is 20.4 Å². The Morgan fingerprint density at radius 2 is 2.00 bits per heavy atom. The molecule has 6 heteroatoms. The average Bonchev–Trinajstić information content (AvgIpc) is 2.96. The highest BCUT2D eigenvalue weighted by Crippen LogP contribution is 2.42. The molecule has 1 aromatic carbocycles. The maximum absolute atomic E-state index is 12.1. The van der Waals surface area contributed by atoms with Crippen LogP contribution in [0, 0.1) is 5.92 Å². The molecule has 0 aliphatic carbocycles. The summed E-state index contributed by atoms with van der Waals surface area (Å²) >= 11 is 1.40. The monoisotopic (exact) mass is 316 g/mol. The van der Waals surface area contributed by atoms with Gasteiger partial charge in [-0.15, -0.1) is 11.3 Å². The van der Waals surface area contributed by atoms with Crippen molar-refractivity contribution in [3.63, 3.8) is 0 Å². The summed E-state index contributed by atoms with van der Waals surface area (Å²) < 4.78 is 5.68. The minimum absolute atomic E-state index is 0.183. The largest absolute Gasteiger partial charge is 0.488 e. The summed E-state index contributed by atoms with van der Waals surface area (Å²) in [6, 6.07) is 9.57. The standard InChI is InChI=1S/C16H16N2O3S/c1-9(2)15(19)17-18-16(20)13-7-10-8-21-12-6-4-3-5-11(12)14(10)22-13/h3-7,9H,8H2,1-2H3,(H,17,19)(H,18,20). The van der Waals surface area contributed by atoms with Crippen LogP contribution in [0.5, 0.6) is 5.75 Å². The Kier molecular flexibility index (Phi) is 3.85. The van der Waals surface area contributed by atoms with Crippen molar-refractivity contribution in [1.29, 1.82) is 0 Å². The number of carbonyl (C=O) groups excluding carboxylic acids is 2. The molecule has 0 saturated carbocycles. The molecular formula is C16H16N2O3S. The lowest BCUT2D eigenvalue weighted by Gasteiger charge is -2.16. The Morgan fingerprint density at radius 3 is 2.77 bits per heavy atom. The molecule has 0 radical (unpaired) electrons. The van der Waals surface area contributed by atoms with Crippen molar-refractivity contribution in [2.24, 2.45) is 5.92 Å². The van der Waals surface area contributed by atoms with Crippen molar-refractivity contribution in [1.82, 2.24) is 10.9 Å². The third-order valence-corrected chi connectivity index (χ3v) is 4.58. The number of hydrogen-bond acceptors (Lipinski definition) is 4. The second kappa shape index (κ2) is 5.81. The van der Waals surface area contributed by atoms with Crippen molar-refractivity contribution < 1.29 is 14.3 Å². The number of benzene rings is 1. The molecule has 0 saturated heterocycles. The number of fused-ring (bicyclic) bond motifs is 3. The molecule has 1 aliphatic heterocycles. The van der Waals surface area contributed by atoms with E-state index in [0.717, 1.165) is 21.8 Å². The van der Waals surface area contributed by atoms with Crippen LogP contribution in [0.15, 0.2) is 30.3 Å². The Hall–Kier alpha value is -2.34. The number of amides is 2. The van der Waals surface area contributed by atoms with Crippen LogP contribution in [0.25, 0.3) is 10.4 Å². The molecule has 0 atom stereocenters. The van der Waals surface area contributed by atoms with Crippen LogP contribution in [0.4, 0.5) is 0 Å². The topological polar surface area (TPSA) is 67.4 Å². The lowest BCUT2D eigenvalue weighted by atomic mass is 10.1. The maximum Gasteiger partial charge on any atom is 0.279 e. The number of hydrazine groups is 1. The Morgan fingerprint density at radius 1 is 1.23 bits per heavy atom. The van der Waals surface area contributed by atoms with Gasteiger partial charge in [0, 0.05) is 21.9 Å². The van der Waals surface area contributed by atoms with E-state index in [1.807, 2.05) is 30.3 Å². The van der Waals surface area contributed by atoms with E-state index in [0.29, 0.717) is 11.5 Å². The molecule has 2 amide bonds. The minimum atomic E-state index is -0.314. The zero-order valence-electron chi connectivity index (χ0n) is 12.3. The number of carbonyl (C=O) groups is 2. The van der Waals surface area contributed by atoms with E-state index in [4.69, 9.17) is 4.74 Å². The maximum atomic E-state index is 12.1. The predicted molar refractivity (Wildman–Crippen MR) is 84.5 cm³/mol. The SMILES string of the molecule is CC(C)C(=O)NNC(=O)c1cc2c(s1)-c1ccccc1OC2. The molecule has 3 rings (SSSR count). The normalized spacial score (nSPS) is 12.1. The van der Waals surface area contributed by atoms with Gasteiger partial charge in [0.1, 0.15) is 12.4 Å². The molecule has 2 aromatic rings. The van der Waals surface area contributed by atoms with Gasteiger partial charge in [-0.25, -0.2) is 0 Å². The Balaban J connectivity index is 1.80. The lowest BCUT2D eigenvalue weighted by Crippen LogP contribution is -2.43. The Labute approximate surface area is 132 Å². The summed E-state index contributed by atoms with van der Waals surface area (Å²) in [6.45, 7) is 3.98. The summed E-state index contributed by atoms with van der Waals surface area (Å²) in [5.41, 5.74) is 6.85. The molecule has 114 valence electrons. The average molecular weight is 316 g/mol. The quantitative estimate of drug-likeness (QED) is 0.837. The van der Waals surface area contributed by atoms with Gasteiger partial charge in [0.05, 0.1) is 4.88 Å². The summed E-state index contributed by atoms with van der Waals surface area (Å²) in [6.07, 6.45) is 0. The Bertz CT molecular complexity index is 737. The molecular weight excluding hydrogens is 300 g/mol. The van der Waals surface area contributed by atoms with Gasteiger partial charge in [0.2, 0.25) is 5.91 Å². The summed E-state index contributed by atoms with van der Waals surface area (Å²) in [4.78, 5) is 25.2. The van der Waals surface area contributed by atoms with E-state index in [9.17, 15) is 9.59 Å². The molecule has 1 aliphatic rings. The first-order chi connectivity index (χ1) is 10.6. The first-order valence-electron chi connectivity index (χ1n) is 7.01. The highest BCUT2D eigenvalue weighted by atomic mass is 32.1. The molecule has 0 fully saturated rings. The number of thiophene rings is 1. The molecule has 2 heterocycles. The van der Waals surface area contributed by atoms with Crippen molar-refractivity contribution in [3.05, 3.63) is 40.8 Å². The van der Waals surface area contributed by atoms with Gasteiger partial charge in [0.25, 0.3) is 5.91 Å². The first-order valence-corrected chi connectivity index (χ1v) is 7.83. The minimum Gasteiger partial charge on any atom is -0.488 e. The fourth-order valence-corrected chi connectivity index (χ4v) is 3.23. The summed E-state index contributed by atoms with van der Waals surface area (Å²) in [5.74, 6) is 0.114. The van der Waals surface area contributed by atoms with Crippen molar-refractivity contribution >= 4 is 23.2 Å². The van der Waals surface area contributed by atoms with E-state index in [-0.39, 0.29) is 17.7 Å². The highest BCUT2D eigenvalue weighted by Gasteiger charge is 2.22. The van der Waals surface area contributed by atoms with Gasteiger partial charge in [-0.2, -0.15) is 0 Å². The molecule has 1 aromatic heterocycles. The van der Waals surface area contributed by atoms with Crippen molar-refractivity contribution in [3.8, 4) is 16.2 Å². The summed E-state index contributed by atoms with van der Waals surface area (Å²) in [5, 5.41) is 0. The van der Waals surface area contributed by atoms with Crippen LogP contribution in [0.1, 0.15) is 29.1 Å². The fraction of sp³-hybridized carbons (Fsp3) is 0.250. The van der Waals surface area contributed by atoms with Crippen molar-refractivity contribution in [2.45, 2.75) is 20.5 Å². The molecule has 22 heavy (non-hydrogen) atoms. The van der Waals surface area contributed by atoms with E-state index in [1.54, 1.807) is 13.8 Å². The van der Waals surface area contributed by atoms with E-state index >= 15 is 0 Å². The number of hydrogen-bond donors (Lipinski definition) is 2. The van der Waals surface area contributed by atoms with Gasteiger partial charge in [-0.05, 0) is 18.2 Å². The van der Waals surface area contributed by atoms with Crippen LogP contribution in [-0.4, -0.2) is 11.8 Å². The van der Waals surface area contributed by atoms with Crippen LogP contribution >= 0.6 is 11.3 Å². The zero-order chi connectivity index (χ0) is 15.7. The molecule has 0 unspecified atom stereocenters. The fourth-order valence-electron chi connectivity index (χ4n) is 2.14. The second-order valence-corrected chi connectivity index (χ2v) is 6.40. The van der Waals surface area contributed by atoms with Gasteiger partial charge in [-0.1, -0.05) is 26.0 Å². The molecule has 5 nitrogen and oxygen atoms in total. The van der Waals surface area contributed by atoms with Crippen LogP contribution in [-0.2, 0) is 11.4 Å².